The van der Waals surface area contributed by atoms with Crippen molar-refractivity contribution in [1.82, 2.24) is 4.90 Å². The average molecular weight is 403 g/mol. The molecule has 1 saturated heterocycles. The monoisotopic (exact) mass is 402 g/mol. The molecular formula is C19H25Cl2FN2O2. The van der Waals surface area contributed by atoms with Crippen LogP contribution in [0.1, 0.15) is 0 Å². The summed E-state index contributed by atoms with van der Waals surface area (Å²) in [4.78, 5) is 4.61. The Labute approximate surface area is 166 Å². The number of hydrogen-bond donors (Lipinski definition) is 1. The molecule has 0 amide bonds. The molecule has 0 saturated carbocycles. The van der Waals surface area contributed by atoms with E-state index in [0.717, 1.165) is 26.2 Å². The van der Waals surface area contributed by atoms with Crippen LogP contribution in [0.4, 0.5) is 10.1 Å². The lowest BCUT2D eigenvalue weighted by molar-refractivity contribution is 0.0663. The summed E-state index contributed by atoms with van der Waals surface area (Å²) in [5.74, 6) is 0.281. The van der Waals surface area contributed by atoms with Crippen molar-refractivity contribution in [3.8, 4) is 5.75 Å². The number of halogens is 3. The molecule has 1 N–H and O–H groups in total. The van der Waals surface area contributed by atoms with E-state index in [1.54, 1.807) is 12.1 Å². The molecule has 1 fully saturated rings. The Kier molecular flexibility index (Phi) is 9.73. The van der Waals surface area contributed by atoms with Gasteiger partial charge in [0.15, 0.2) is 0 Å². The van der Waals surface area contributed by atoms with E-state index in [2.05, 4.69) is 34.1 Å². The van der Waals surface area contributed by atoms with Crippen molar-refractivity contribution in [3.63, 3.8) is 0 Å². The van der Waals surface area contributed by atoms with Gasteiger partial charge in [0.1, 0.15) is 24.3 Å². The summed E-state index contributed by atoms with van der Waals surface area (Å²) in [6.07, 6.45) is -0.557. The average Bonchev–Trinajstić information content (AvgIpc) is 2.63. The zero-order chi connectivity index (χ0) is 16.8. The van der Waals surface area contributed by atoms with Crippen LogP contribution in [0.2, 0.25) is 0 Å². The number of ether oxygens (including phenoxy) is 1. The number of benzene rings is 2. The summed E-state index contributed by atoms with van der Waals surface area (Å²) in [6, 6.07) is 16.2. The van der Waals surface area contributed by atoms with E-state index in [0.29, 0.717) is 12.3 Å². The Morgan fingerprint density at radius 1 is 0.923 bits per heavy atom. The van der Waals surface area contributed by atoms with Gasteiger partial charge in [0, 0.05) is 38.4 Å². The Hall–Kier alpha value is -1.53. The van der Waals surface area contributed by atoms with Crippen LogP contribution < -0.4 is 9.64 Å². The SMILES string of the molecule is Cl.Cl.OC(COc1ccc(F)cc1)CN1CCN(c2ccccc2)CC1. The minimum atomic E-state index is -0.557. The largest absolute Gasteiger partial charge is 0.491 e. The summed E-state index contributed by atoms with van der Waals surface area (Å²) in [5.41, 5.74) is 1.25. The number of para-hydroxylation sites is 1. The predicted octanol–water partition coefficient (Wildman–Crippen LogP) is 3.23. The molecule has 1 aliphatic heterocycles. The van der Waals surface area contributed by atoms with E-state index in [1.165, 1.54) is 17.8 Å². The van der Waals surface area contributed by atoms with E-state index in [-0.39, 0.29) is 37.2 Å². The van der Waals surface area contributed by atoms with E-state index in [1.807, 2.05) is 6.07 Å². The van der Waals surface area contributed by atoms with E-state index in [9.17, 15) is 9.50 Å². The lowest BCUT2D eigenvalue weighted by Crippen LogP contribution is -2.49. The molecule has 144 valence electrons. The Morgan fingerprint density at radius 2 is 1.54 bits per heavy atom. The first-order chi connectivity index (χ1) is 11.7. The summed E-state index contributed by atoms with van der Waals surface area (Å²) in [6.45, 7) is 4.55. The van der Waals surface area contributed by atoms with E-state index in [4.69, 9.17) is 4.74 Å². The van der Waals surface area contributed by atoms with Crippen LogP contribution in [0.15, 0.2) is 54.6 Å². The lowest BCUT2D eigenvalue weighted by Gasteiger charge is -2.36. The number of anilines is 1. The number of rotatable bonds is 6. The maximum Gasteiger partial charge on any atom is 0.123 e. The van der Waals surface area contributed by atoms with Gasteiger partial charge in [-0.05, 0) is 36.4 Å². The lowest BCUT2D eigenvalue weighted by atomic mass is 10.2. The molecule has 2 aromatic rings. The maximum atomic E-state index is 12.8. The van der Waals surface area contributed by atoms with Gasteiger partial charge >= 0.3 is 0 Å². The van der Waals surface area contributed by atoms with Crippen LogP contribution in [0.25, 0.3) is 0 Å². The van der Waals surface area contributed by atoms with Gasteiger partial charge in [-0.1, -0.05) is 18.2 Å². The summed E-state index contributed by atoms with van der Waals surface area (Å²) < 4.78 is 18.3. The van der Waals surface area contributed by atoms with Gasteiger partial charge in [0.2, 0.25) is 0 Å². The van der Waals surface area contributed by atoms with Crippen molar-refractivity contribution in [2.45, 2.75) is 6.10 Å². The van der Waals surface area contributed by atoms with Crippen LogP contribution in [0.3, 0.4) is 0 Å². The normalized spacial score (nSPS) is 15.5. The number of hydrogen-bond acceptors (Lipinski definition) is 4. The number of aliphatic hydroxyl groups is 1. The molecule has 7 heteroatoms. The van der Waals surface area contributed by atoms with Crippen molar-refractivity contribution in [1.29, 1.82) is 0 Å². The molecule has 1 unspecified atom stereocenters. The fourth-order valence-electron chi connectivity index (χ4n) is 2.90. The molecule has 0 spiro atoms. The van der Waals surface area contributed by atoms with Gasteiger partial charge in [-0.15, -0.1) is 24.8 Å². The zero-order valence-corrected chi connectivity index (χ0v) is 16.1. The first-order valence-electron chi connectivity index (χ1n) is 8.29. The number of β-amino-alcohol motifs (C(OH)–C–C–N with tert-alkyl or cyclic N) is 1. The molecule has 0 aliphatic carbocycles. The topological polar surface area (TPSA) is 35.9 Å². The van der Waals surface area contributed by atoms with Gasteiger partial charge in [-0.2, -0.15) is 0 Å². The number of aliphatic hydroxyl groups excluding tert-OH is 1. The zero-order valence-electron chi connectivity index (χ0n) is 14.5. The van der Waals surface area contributed by atoms with Crippen LogP contribution in [0.5, 0.6) is 5.75 Å². The third-order valence-corrected chi connectivity index (χ3v) is 4.22. The van der Waals surface area contributed by atoms with Crippen LogP contribution in [-0.4, -0.2) is 55.4 Å². The van der Waals surface area contributed by atoms with Gasteiger partial charge < -0.3 is 14.7 Å². The highest BCUT2D eigenvalue weighted by Gasteiger charge is 2.19. The van der Waals surface area contributed by atoms with Crippen molar-refractivity contribution in [2.24, 2.45) is 0 Å². The summed E-state index contributed by atoms with van der Waals surface area (Å²) in [7, 11) is 0. The standard InChI is InChI=1S/C19H23FN2O2.2ClH/c20-16-6-8-19(9-7-16)24-15-18(23)14-21-10-12-22(13-11-21)17-4-2-1-3-5-17;;/h1-9,18,23H,10-15H2;2*1H. The highest BCUT2D eigenvalue weighted by molar-refractivity contribution is 5.85. The molecule has 0 radical (unpaired) electrons. The Balaban J connectivity index is 0.00000169. The number of piperazine rings is 1. The quantitative estimate of drug-likeness (QED) is 0.804. The molecule has 3 rings (SSSR count). The van der Waals surface area contributed by atoms with E-state index < -0.39 is 6.10 Å². The van der Waals surface area contributed by atoms with E-state index >= 15 is 0 Å². The van der Waals surface area contributed by atoms with Crippen molar-refractivity contribution in [2.75, 3.05) is 44.2 Å². The van der Waals surface area contributed by atoms with Crippen LogP contribution in [-0.2, 0) is 0 Å². The van der Waals surface area contributed by atoms with Crippen LogP contribution in [0, 0.1) is 5.82 Å². The molecule has 1 atom stereocenters. The molecule has 0 aromatic heterocycles. The second-order valence-electron chi connectivity index (χ2n) is 6.04. The molecule has 1 heterocycles. The third kappa shape index (κ3) is 6.65. The minimum absolute atomic E-state index is 0. The predicted molar refractivity (Wildman–Crippen MR) is 107 cm³/mol. The number of nitrogens with zero attached hydrogens (tertiary/aromatic N) is 2. The van der Waals surface area contributed by atoms with Gasteiger partial charge in [0.25, 0.3) is 0 Å². The summed E-state index contributed by atoms with van der Waals surface area (Å²) >= 11 is 0. The third-order valence-electron chi connectivity index (χ3n) is 4.22. The first kappa shape index (κ1) is 22.5. The highest BCUT2D eigenvalue weighted by Crippen LogP contribution is 2.16. The molecule has 0 bridgehead atoms. The van der Waals surface area contributed by atoms with Crippen LogP contribution >= 0.6 is 24.8 Å². The van der Waals surface area contributed by atoms with Crippen molar-refractivity contribution < 1.29 is 14.2 Å². The summed E-state index contributed by atoms with van der Waals surface area (Å²) in [5, 5.41) is 10.1. The fraction of sp³-hybridized carbons (Fsp3) is 0.368. The Morgan fingerprint density at radius 3 is 2.15 bits per heavy atom. The minimum Gasteiger partial charge on any atom is -0.491 e. The molecule has 26 heavy (non-hydrogen) atoms. The second kappa shape index (κ2) is 11.2. The van der Waals surface area contributed by atoms with Gasteiger partial charge in [-0.25, -0.2) is 4.39 Å². The molecule has 4 nitrogen and oxygen atoms in total. The molecule has 1 aliphatic rings. The van der Waals surface area contributed by atoms with Gasteiger partial charge in [-0.3, -0.25) is 4.90 Å². The van der Waals surface area contributed by atoms with Gasteiger partial charge in [0.05, 0.1) is 0 Å². The maximum absolute atomic E-state index is 12.8. The highest BCUT2D eigenvalue weighted by atomic mass is 35.5. The first-order valence-corrected chi connectivity index (χ1v) is 8.29. The molecule has 2 aromatic carbocycles. The molecular weight excluding hydrogens is 378 g/mol. The Bertz CT molecular complexity index is 623. The fourth-order valence-corrected chi connectivity index (χ4v) is 2.90. The second-order valence-corrected chi connectivity index (χ2v) is 6.04. The smallest absolute Gasteiger partial charge is 0.123 e. The van der Waals surface area contributed by atoms with Crippen molar-refractivity contribution >= 4 is 30.5 Å². The van der Waals surface area contributed by atoms with Crippen molar-refractivity contribution in [3.05, 3.63) is 60.4 Å².